The van der Waals surface area contributed by atoms with Gasteiger partial charge in [0.05, 0.1) is 28.5 Å². The summed E-state index contributed by atoms with van der Waals surface area (Å²) in [5, 5.41) is 19.0. The first-order valence-corrected chi connectivity index (χ1v) is 11.4. The zero-order valence-electron chi connectivity index (χ0n) is 12.0. The van der Waals surface area contributed by atoms with Crippen molar-refractivity contribution in [2.24, 2.45) is 0 Å². The Balaban J connectivity index is 2.55. The molecule has 134 valence electrons. The van der Waals surface area contributed by atoms with Crippen molar-refractivity contribution in [3.63, 3.8) is 0 Å². The molecule has 1 aromatic rings. The molecule has 12 heteroatoms. The number of hydrogen-bond donors (Lipinski definition) is 2. The minimum Gasteiger partial charge on any atom is -0.480 e. The maximum Gasteiger partial charge on any atom is 0.318 e. The summed E-state index contributed by atoms with van der Waals surface area (Å²) in [6.07, 6.45) is -1.49. The number of nitrogens with zero attached hydrogens (tertiary/aromatic N) is 1. The van der Waals surface area contributed by atoms with Crippen molar-refractivity contribution in [1.29, 1.82) is 0 Å². The molecule has 1 aliphatic heterocycles. The Morgan fingerprint density at radius 1 is 1.29 bits per heavy atom. The van der Waals surface area contributed by atoms with Crippen LogP contribution >= 0.6 is 31.9 Å². The fourth-order valence-electron chi connectivity index (χ4n) is 2.40. The standard InChI is InChI=1S/C12H13Br2NO7S2/c13-7-1-2-8(14)11(3-7)24(21,22)15(4-12(17)18)9-5-23(19,20)6-10(9)16/h1-3,9-10,16H,4-6H2,(H,17,18)/t9-,10+/m0/s1. The lowest BCUT2D eigenvalue weighted by atomic mass is 10.2. The topological polar surface area (TPSA) is 129 Å². The van der Waals surface area contributed by atoms with Gasteiger partial charge in [-0.25, -0.2) is 16.8 Å². The molecule has 1 fully saturated rings. The van der Waals surface area contributed by atoms with Gasteiger partial charge in [-0.1, -0.05) is 15.9 Å². The first-order chi connectivity index (χ1) is 10.9. The van der Waals surface area contributed by atoms with E-state index in [1.165, 1.54) is 12.1 Å². The second-order valence-electron chi connectivity index (χ2n) is 5.23. The molecule has 0 saturated carbocycles. The number of sulfonamides is 1. The van der Waals surface area contributed by atoms with Crippen LogP contribution in [0.25, 0.3) is 0 Å². The van der Waals surface area contributed by atoms with E-state index in [1.54, 1.807) is 6.07 Å². The molecule has 1 aromatic carbocycles. The van der Waals surface area contributed by atoms with E-state index in [0.717, 1.165) is 0 Å². The van der Waals surface area contributed by atoms with Gasteiger partial charge in [0.15, 0.2) is 9.84 Å². The summed E-state index contributed by atoms with van der Waals surface area (Å²) in [5.41, 5.74) is 0. The molecule has 0 unspecified atom stereocenters. The summed E-state index contributed by atoms with van der Waals surface area (Å²) >= 11 is 6.23. The number of carboxylic acid groups (broad SMARTS) is 1. The molecule has 0 bridgehead atoms. The van der Waals surface area contributed by atoms with E-state index in [2.05, 4.69) is 31.9 Å². The zero-order valence-corrected chi connectivity index (χ0v) is 16.8. The number of hydrogen-bond acceptors (Lipinski definition) is 6. The Hall–Kier alpha value is -0.530. The van der Waals surface area contributed by atoms with E-state index in [9.17, 15) is 26.7 Å². The van der Waals surface area contributed by atoms with Crippen LogP contribution < -0.4 is 0 Å². The van der Waals surface area contributed by atoms with Crippen LogP contribution in [-0.4, -0.2) is 67.5 Å². The Bertz CT molecular complexity index is 869. The molecule has 2 rings (SSSR count). The average molecular weight is 507 g/mol. The van der Waals surface area contributed by atoms with Crippen LogP contribution in [0.1, 0.15) is 0 Å². The second-order valence-corrected chi connectivity index (χ2v) is 11.0. The number of carbonyl (C=O) groups is 1. The van der Waals surface area contributed by atoms with Gasteiger partial charge in [0, 0.05) is 8.95 Å². The minimum atomic E-state index is -4.36. The number of aliphatic carboxylic acids is 1. The molecule has 0 aromatic heterocycles. The molecule has 0 amide bonds. The highest BCUT2D eigenvalue weighted by atomic mass is 79.9. The van der Waals surface area contributed by atoms with Crippen molar-refractivity contribution in [3.8, 4) is 0 Å². The number of aliphatic hydroxyl groups is 1. The van der Waals surface area contributed by atoms with Gasteiger partial charge in [-0.05, 0) is 34.1 Å². The van der Waals surface area contributed by atoms with Crippen molar-refractivity contribution < 1.29 is 31.8 Å². The molecular weight excluding hydrogens is 494 g/mol. The molecule has 1 aliphatic rings. The van der Waals surface area contributed by atoms with Crippen LogP contribution in [0.5, 0.6) is 0 Å². The van der Waals surface area contributed by atoms with E-state index in [-0.39, 0.29) is 9.37 Å². The monoisotopic (exact) mass is 505 g/mol. The van der Waals surface area contributed by atoms with E-state index in [1.807, 2.05) is 0 Å². The smallest absolute Gasteiger partial charge is 0.318 e. The Morgan fingerprint density at radius 2 is 1.92 bits per heavy atom. The Morgan fingerprint density at radius 3 is 2.42 bits per heavy atom. The Labute approximate surface area is 155 Å². The predicted octanol–water partition coefficient (Wildman–Crippen LogP) is 0.445. The number of halogens is 2. The highest BCUT2D eigenvalue weighted by Crippen LogP contribution is 2.31. The van der Waals surface area contributed by atoms with Crippen LogP contribution in [0.3, 0.4) is 0 Å². The van der Waals surface area contributed by atoms with Gasteiger partial charge < -0.3 is 10.2 Å². The second kappa shape index (κ2) is 7.00. The number of sulfone groups is 1. The Kier molecular flexibility index (Phi) is 5.77. The van der Waals surface area contributed by atoms with Crippen LogP contribution in [0.4, 0.5) is 0 Å². The highest BCUT2D eigenvalue weighted by molar-refractivity contribution is 9.11. The summed E-state index contributed by atoms with van der Waals surface area (Å²) in [4.78, 5) is 10.9. The fraction of sp³-hybridized carbons (Fsp3) is 0.417. The first-order valence-electron chi connectivity index (χ1n) is 6.51. The SMILES string of the molecule is O=C(O)CN([C@H]1CS(=O)(=O)C[C@H]1O)S(=O)(=O)c1cc(Br)ccc1Br. The van der Waals surface area contributed by atoms with Gasteiger partial charge >= 0.3 is 5.97 Å². The first kappa shape index (κ1) is 19.8. The maximum atomic E-state index is 12.9. The summed E-state index contributed by atoms with van der Waals surface area (Å²) in [7, 11) is -8.02. The van der Waals surface area contributed by atoms with Crippen LogP contribution in [0, 0.1) is 0 Å². The third kappa shape index (κ3) is 4.17. The molecule has 0 radical (unpaired) electrons. The zero-order chi connectivity index (χ0) is 18.3. The third-order valence-electron chi connectivity index (χ3n) is 3.43. The largest absolute Gasteiger partial charge is 0.480 e. The molecule has 8 nitrogen and oxygen atoms in total. The van der Waals surface area contributed by atoms with Crippen molar-refractivity contribution in [2.45, 2.75) is 17.0 Å². The fourth-order valence-corrected chi connectivity index (χ4v) is 7.36. The minimum absolute atomic E-state index is 0.191. The molecule has 0 spiro atoms. The van der Waals surface area contributed by atoms with Crippen molar-refractivity contribution in [2.75, 3.05) is 18.1 Å². The van der Waals surface area contributed by atoms with Crippen LogP contribution in [0.2, 0.25) is 0 Å². The van der Waals surface area contributed by atoms with Gasteiger partial charge in [-0.15, -0.1) is 0 Å². The van der Waals surface area contributed by atoms with Crippen LogP contribution in [-0.2, 0) is 24.7 Å². The van der Waals surface area contributed by atoms with E-state index >= 15 is 0 Å². The van der Waals surface area contributed by atoms with Gasteiger partial charge in [0.25, 0.3) is 0 Å². The molecule has 24 heavy (non-hydrogen) atoms. The highest BCUT2D eigenvalue weighted by Gasteiger charge is 2.45. The lowest BCUT2D eigenvalue weighted by molar-refractivity contribution is -0.137. The molecule has 2 N–H and O–H groups in total. The van der Waals surface area contributed by atoms with Crippen molar-refractivity contribution in [3.05, 3.63) is 27.1 Å². The molecule has 1 heterocycles. The lowest BCUT2D eigenvalue weighted by Crippen LogP contribution is -2.48. The predicted molar refractivity (Wildman–Crippen MR) is 91.8 cm³/mol. The van der Waals surface area contributed by atoms with Gasteiger partial charge in [-0.2, -0.15) is 4.31 Å². The number of rotatable bonds is 5. The van der Waals surface area contributed by atoms with Gasteiger partial charge in [0.2, 0.25) is 10.0 Å². The lowest BCUT2D eigenvalue weighted by Gasteiger charge is -2.28. The molecule has 0 aliphatic carbocycles. The third-order valence-corrected chi connectivity index (χ3v) is 8.49. The van der Waals surface area contributed by atoms with Gasteiger partial charge in [-0.3, -0.25) is 4.79 Å². The summed E-state index contributed by atoms with van der Waals surface area (Å²) in [5.74, 6) is -2.70. The van der Waals surface area contributed by atoms with Gasteiger partial charge in [0.1, 0.15) is 6.54 Å². The quantitative estimate of drug-likeness (QED) is 0.592. The number of aliphatic hydroxyl groups excluding tert-OH is 1. The molecule has 1 saturated heterocycles. The maximum absolute atomic E-state index is 12.9. The number of carboxylic acids is 1. The molecular formula is C12H13Br2NO7S2. The van der Waals surface area contributed by atoms with Crippen LogP contribution in [0.15, 0.2) is 32.0 Å². The normalized spacial score (nSPS) is 23.5. The van der Waals surface area contributed by atoms with E-state index in [0.29, 0.717) is 8.78 Å². The van der Waals surface area contributed by atoms with E-state index in [4.69, 9.17) is 5.11 Å². The van der Waals surface area contributed by atoms with Crippen molar-refractivity contribution >= 4 is 57.7 Å². The summed E-state index contributed by atoms with van der Waals surface area (Å²) < 4.78 is 50.3. The molecule has 2 atom stereocenters. The average Bonchev–Trinajstić information content (AvgIpc) is 2.71. The summed E-state index contributed by atoms with van der Waals surface area (Å²) in [6, 6.07) is 2.95. The summed E-state index contributed by atoms with van der Waals surface area (Å²) in [6.45, 7) is -0.960. The van der Waals surface area contributed by atoms with E-state index < -0.39 is 56.0 Å². The van der Waals surface area contributed by atoms with Crippen molar-refractivity contribution in [1.82, 2.24) is 4.31 Å². The number of benzene rings is 1.